The van der Waals surface area contributed by atoms with Crippen LogP contribution in [0.4, 0.5) is 5.69 Å². The molecule has 2 rings (SSSR count). The van der Waals surface area contributed by atoms with Crippen LogP contribution in [0.2, 0.25) is 10.0 Å². The molecule has 1 unspecified atom stereocenters. The highest BCUT2D eigenvalue weighted by Gasteiger charge is 2.31. The minimum absolute atomic E-state index is 0.0879. The van der Waals surface area contributed by atoms with E-state index in [1.807, 2.05) is 0 Å². The van der Waals surface area contributed by atoms with E-state index in [1.54, 1.807) is 38.1 Å². The molecule has 34 heavy (non-hydrogen) atoms. The Morgan fingerprint density at radius 3 is 2.35 bits per heavy atom. The van der Waals surface area contributed by atoms with Gasteiger partial charge >= 0.3 is 0 Å². The van der Waals surface area contributed by atoms with Gasteiger partial charge in [0.1, 0.15) is 18.3 Å². The lowest BCUT2D eigenvalue weighted by atomic mass is 10.1. The lowest BCUT2D eigenvalue weighted by Crippen LogP contribution is -2.52. The summed E-state index contributed by atoms with van der Waals surface area (Å²) in [4.78, 5) is 27.7. The van der Waals surface area contributed by atoms with Gasteiger partial charge in [0.15, 0.2) is 0 Å². The summed E-state index contributed by atoms with van der Waals surface area (Å²) >= 11 is 12.0. The predicted octanol–water partition coefficient (Wildman–Crippen LogP) is 3.71. The Morgan fingerprint density at radius 1 is 1.09 bits per heavy atom. The van der Waals surface area contributed by atoms with E-state index in [9.17, 15) is 18.0 Å². The van der Waals surface area contributed by atoms with Crippen molar-refractivity contribution in [3.8, 4) is 5.75 Å². The number of amides is 2. The van der Waals surface area contributed by atoms with Gasteiger partial charge in [-0.2, -0.15) is 0 Å². The summed E-state index contributed by atoms with van der Waals surface area (Å²) in [5.41, 5.74) is 0.925. The summed E-state index contributed by atoms with van der Waals surface area (Å²) in [7, 11) is -2.32. The van der Waals surface area contributed by atoms with Crippen LogP contribution in [0.25, 0.3) is 0 Å². The van der Waals surface area contributed by atoms with Crippen LogP contribution in [0.15, 0.2) is 42.5 Å². The number of carbonyl (C=O) groups is 2. The molecule has 0 saturated heterocycles. The molecule has 2 aromatic rings. The third-order valence-electron chi connectivity index (χ3n) is 5.09. The van der Waals surface area contributed by atoms with Gasteiger partial charge in [-0.1, -0.05) is 42.3 Å². The fourth-order valence-electron chi connectivity index (χ4n) is 3.43. The number of benzene rings is 2. The van der Waals surface area contributed by atoms with Crippen LogP contribution in [0.3, 0.4) is 0 Å². The quantitative estimate of drug-likeness (QED) is 0.478. The second-order valence-corrected chi connectivity index (χ2v) is 10.3. The van der Waals surface area contributed by atoms with E-state index in [2.05, 4.69) is 5.32 Å². The Kier molecular flexibility index (Phi) is 10.0. The number of hydrogen-bond acceptors (Lipinski definition) is 5. The number of carbonyl (C=O) groups excluding carboxylic acids is 2. The Labute approximate surface area is 210 Å². The molecule has 0 bridgehead atoms. The van der Waals surface area contributed by atoms with Gasteiger partial charge in [-0.25, -0.2) is 8.42 Å². The van der Waals surface area contributed by atoms with Crippen LogP contribution >= 0.6 is 23.2 Å². The highest BCUT2D eigenvalue weighted by Crippen LogP contribution is 2.29. The maximum Gasteiger partial charge on any atom is 0.244 e. The average Bonchev–Trinajstić information content (AvgIpc) is 2.78. The number of sulfonamides is 1. The molecular weight excluding hydrogens is 501 g/mol. The van der Waals surface area contributed by atoms with Crippen LogP contribution in [0.1, 0.15) is 25.8 Å². The molecule has 0 heterocycles. The predicted molar refractivity (Wildman–Crippen MR) is 135 cm³/mol. The number of nitrogens with one attached hydrogen (secondary N) is 1. The van der Waals surface area contributed by atoms with Crippen molar-refractivity contribution in [3.05, 3.63) is 58.1 Å². The molecule has 11 heteroatoms. The Balaban J connectivity index is 2.46. The van der Waals surface area contributed by atoms with Crippen LogP contribution in [0.5, 0.6) is 5.75 Å². The number of nitrogens with zero attached hydrogens (tertiary/aromatic N) is 2. The van der Waals surface area contributed by atoms with E-state index < -0.39 is 28.5 Å². The van der Waals surface area contributed by atoms with Crippen LogP contribution in [-0.4, -0.2) is 57.6 Å². The molecule has 2 aromatic carbocycles. The van der Waals surface area contributed by atoms with E-state index in [-0.39, 0.29) is 28.2 Å². The average molecular weight is 530 g/mol. The standard InChI is InChI=1S/C23H29Cl2N3O5S/c1-5-21(23(30)26-6-2)27(14-16-8-7-9-18(12-16)33-3)22(29)15-28(34(4,31)32)17-10-11-19(24)20(25)13-17/h7-13,21H,5-6,14-15H2,1-4H3,(H,26,30). The Bertz CT molecular complexity index is 1130. The van der Waals surface area contributed by atoms with Crippen molar-refractivity contribution in [2.24, 2.45) is 0 Å². The highest BCUT2D eigenvalue weighted by atomic mass is 35.5. The second kappa shape index (κ2) is 12.3. The van der Waals surface area contributed by atoms with Crippen molar-refractivity contribution in [2.75, 3.05) is 30.8 Å². The first-order chi connectivity index (χ1) is 16.0. The molecule has 0 aliphatic rings. The van der Waals surface area contributed by atoms with Gasteiger partial charge in [0, 0.05) is 13.1 Å². The first kappa shape index (κ1) is 27.8. The van der Waals surface area contributed by atoms with E-state index in [0.717, 1.165) is 16.1 Å². The van der Waals surface area contributed by atoms with Crippen LogP contribution in [0, 0.1) is 0 Å². The number of hydrogen-bond donors (Lipinski definition) is 1. The zero-order chi connectivity index (χ0) is 25.5. The maximum absolute atomic E-state index is 13.5. The number of methoxy groups -OCH3 is 1. The number of rotatable bonds is 11. The summed E-state index contributed by atoms with van der Waals surface area (Å²) < 4.78 is 31.4. The summed E-state index contributed by atoms with van der Waals surface area (Å²) in [6, 6.07) is 10.6. The van der Waals surface area contributed by atoms with Crippen LogP contribution in [-0.2, 0) is 26.2 Å². The molecule has 0 aromatic heterocycles. The van der Waals surface area contributed by atoms with E-state index >= 15 is 0 Å². The third kappa shape index (κ3) is 7.25. The molecule has 8 nitrogen and oxygen atoms in total. The summed E-state index contributed by atoms with van der Waals surface area (Å²) in [5, 5.41) is 3.16. The van der Waals surface area contributed by atoms with Gasteiger partial charge in [-0.3, -0.25) is 13.9 Å². The Hall–Kier alpha value is -2.49. The number of anilines is 1. The monoisotopic (exact) mass is 529 g/mol. The van der Waals surface area contributed by atoms with Gasteiger partial charge in [-0.15, -0.1) is 0 Å². The number of halogens is 2. The van der Waals surface area contributed by atoms with Crippen molar-refractivity contribution in [1.29, 1.82) is 0 Å². The molecule has 1 N–H and O–H groups in total. The summed E-state index contributed by atoms with van der Waals surface area (Å²) in [5.74, 6) is -0.261. The maximum atomic E-state index is 13.5. The van der Waals surface area contributed by atoms with Gasteiger partial charge in [0.05, 0.1) is 29.1 Å². The largest absolute Gasteiger partial charge is 0.497 e. The molecule has 1 atom stereocenters. The van der Waals surface area contributed by atoms with Crippen molar-refractivity contribution in [1.82, 2.24) is 10.2 Å². The third-order valence-corrected chi connectivity index (χ3v) is 6.97. The number of likely N-dealkylation sites (N-methyl/N-ethyl adjacent to an activating group) is 1. The Morgan fingerprint density at radius 2 is 1.79 bits per heavy atom. The zero-order valence-corrected chi connectivity index (χ0v) is 21.9. The molecule has 0 radical (unpaired) electrons. The highest BCUT2D eigenvalue weighted by molar-refractivity contribution is 7.92. The van der Waals surface area contributed by atoms with Gasteiger partial charge < -0.3 is 15.0 Å². The molecule has 0 aliphatic heterocycles. The van der Waals surface area contributed by atoms with E-state index in [1.165, 1.54) is 30.2 Å². The summed E-state index contributed by atoms with van der Waals surface area (Å²) in [6.45, 7) is 3.55. The molecule has 0 fully saturated rings. The minimum Gasteiger partial charge on any atom is -0.497 e. The zero-order valence-electron chi connectivity index (χ0n) is 19.5. The van der Waals surface area contributed by atoms with E-state index in [0.29, 0.717) is 18.7 Å². The van der Waals surface area contributed by atoms with Crippen molar-refractivity contribution >= 4 is 50.7 Å². The van der Waals surface area contributed by atoms with Crippen molar-refractivity contribution in [3.63, 3.8) is 0 Å². The van der Waals surface area contributed by atoms with Gasteiger partial charge in [0.2, 0.25) is 21.8 Å². The first-order valence-electron chi connectivity index (χ1n) is 10.6. The minimum atomic E-state index is -3.86. The van der Waals surface area contributed by atoms with E-state index in [4.69, 9.17) is 27.9 Å². The SMILES string of the molecule is CCNC(=O)C(CC)N(Cc1cccc(OC)c1)C(=O)CN(c1ccc(Cl)c(Cl)c1)S(C)(=O)=O. The fraction of sp³-hybridized carbons (Fsp3) is 0.391. The molecule has 0 aliphatic carbocycles. The molecule has 0 spiro atoms. The summed E-state index contributed by atoms with van der Waals surface area (Å²) in [6.07, 6.45) is 1.34. The molecular formula is C23H29Cl2N3O5S. The topological polar surface area (TPSA) is 96.0 Å². The fourth-order valence-corrected chi connectivity index (χ4v) is 4.57. The van der Waals surface area contributed by atoms with Gasteiger partial charge in [-0.05, 0) is 49.2 Å². The second-order valence-electron chi connectivity index (χ2n) is 7.56. The molecule has 186 valence electrons. The van der Waals surface area contributed by atoms with Crippen molar-refractivity contribution in [2.45, 2.75) is 32.9 Å². The normalized spacial score (nSPS) is 12.1. The van der Waals surface area contributed by atoms with Crippen LogP contribution < -0.4 is 14.4 Å². The lowest BCUT2D eigenvalue weighted by molar-refractivity contribution is -0.140. The van der Waals surface area contributed by atoms with Crippen molar-refractivity contribution < 1.29 is 22.7 Å². The lowest BCUT2D eigenvalue weighted by Gasteiger charge is -2.33. The van der Waals surface area contributed by atoms with Gasteiger partial charge in [0.25, 0.3) is 0 Å². The number of ether oxygens (including phenoxy) is 1. The molecule has 2 amide bonds. The molecule has 0 saturated carbocycles. The first-order valence-corrected chi connectivity index (χ1v) is 13.2. The smallest absolute Gasteiger partial charge is 0.244 e.